The number of hydrogen-bond donors (Lipinski definition) is 2. The fourth-order valence-corrected chi connectivity index (χ4v) is 3.76. The van der Waals surface area contributed by atoms with Crippen molar-refractivity contribution in [2.24, 2.45) is 5.92 Å². The quantitative estimate of drug-likeness (QED) is 0.464. The van der Waals surface area contributed by atoms with Crippen LogP contribution in [0.3, 0.4) is 0 Å². The minimum absolute atomic E-state index is 0.0668. The number of nitrogens with one attached hydrogen (secondary N) is 2. The molecule has 0 spiro atoms. The Morgan fingerprint density at radius 3 is 2.48 bits per heavy atom. The zero-order chi connectivity index (χ0) is 23.6. The van der Waals surface area contributed by atoms with Gasteiger partial charge in [0.05, 0.1) is 23.4 Å². The minimum atomic E-state index is -4.46. The lowest BCUT2D eigenvalue weighted by atomic mass is 9.87. The van der Waals surface area contributed by atoms with E-state index in [9.17, 15) is 18.0 Å². The predicted molar refractivity (Wildman–Crippen MR) is 119 cm³/mol. The number of carbonyl (C=O) groups is 1. The number of anilines is 4. The molecule has 1 heterocycles. The molecule has 1 aliphatic rings. The summed E-state index contributed by atoms with van der Waals surface area (Å²) >= 11 is 0. The zero-order valence-corrected chi connectivity index (χ0v) is 18.2. The molecular weight excluding hydrogens is 433 g/mol. The summed E-state index contributed by atoms with van der Waals surface area (Å²) in [5.74, 6) is 1.19. The van der Waals surface area contributed by atoms with Gasteiger partial charge < -0.3 is 15.4 Å². The Labute approximate surface area is 189 Å². The number of ether oxygens (including phenoxy) is 1. The summed E-state index contributed by atoms with van der Waals surface area (Å²) in [7, 11) is 0. The zero-order valence-electron chi connectivity index (χ0n) is 18.2. The fraction of sp³-hybridized carbons (Fsp3) is 0.292. The second-order valence-electron chi connectivity index (χ2n) is 7.94. The van der Waals surface area contributed by atoms with E-state index in [1.807, 2.05) is 13.8 Å². The Morgan fingerprint density at radius 1 is 1.03 bits per heavy atom. The number of aromatic nitrogens is 2. The number of alkyl halides is 3. The maximum atomic E-state index is 13.1. The fourth-order valence-electron chi connectivity index (χ4n) is 3.76. The topological polar surface area (TPSA) is 76.1 Å². The summed E-state index contributed by atoms with van der Waals surface area (Å²) in [6, 6.07) is 12.0. The maximum absolute atomic E-state index is 13.1. The normalized spacial score (nSPS) is 15.7. The van der Waals surface area contributed by atoms with Crippen molar-refractivity contribution >= 4 is 28.9 Å². The van der Waals surface area contributed by atoms with Crippen molar-refractivity contribution in [2.45, 2.75) is 32.9 Å². The lowest BCUT2D eigenvalue weighted by Crippen LogP contribution is -2.22. The van der Waals surface area contributed by atoms with E-state index in [1.54, 1.807) is 24.3 Å². The van der Waals surface area contributed by atoms with Gasteiger partial charge in [-0.25, -0.2) is 4.98 Å². The molecule has 0 saturated carbocycles. The van der Waals surface area contributed by atoms with Gasteiger partial charge in [-0.15, -0.1) is 0 Å². The molecule has 9 heteroatoms. The molecule has 6 nitrogen and oxygen atoms in total. The van der Waals surface area contributed by atoms with Crippen LogP contribution in [0.5, 0.6) is 5.75 Å². The van der Waals surface area contributed by atoms with E-state index in [4.69, 9.17) is 4.74 Å². The van der Waals surface area contributed by atoms with E-state index in [0.717, 1.165) is 12.1 Å². The smallest absolute Gasteiger partial charge is 0.416 e. The Morgan fingerprint density at radius 2 is 1.79 bits per heavy atom. The average molecular weight is 456 g/mol. The van der Waals surface area contributed by atoms with Crippen molar-refractivity contribution in [1.82, 2.24) is 9.97 Å². The van der Waals surface area contributed by atoms with Crippen molar-refractivity contribution in [1.29, 1.82) is 0 Å². The highest BCUT2D eigenvalue weighted by molar-refractivity contribution is 6.03. The van der Waals surface area contributed by atoms with Crippen molar-refractivity contribution in [2.75, 3.05) is 17.2 Å². The highest BCUT2D eigenvalue weighted by atomic mass is 19.4. The molecule has 1 atom stereocenters. The Bertz CT molecular complexity index is 1160. The van der Waals surface area contributed by atoms with Gasteiger partial charge in [-0.1, -0.05) is 13.0 Å². The van der Waals surface area contributed by atoms with Gasteiger partial charge in [0.15, 0.2) is 5.78 Å². The number of rotatable bonds is 6. The summed E-state index contributed by atoms with van der Waals surface area (Å²) in [5.41, 5.74) is 1.10. The minimum Gasteiger partial charge on any atom is -0.494 e. The molecule has 2 N–H and O–H groups in total. The molecule has 1 aliphatic carbocycles. The number of benzene rings is 2. The van der Waals surface area contributed by atoms with E-state index in [2.05, 4.69) is 20.6 Å². The highest BCUT2D eigenvalue weighted by Crippen LogP contribution is 2.34. The molecule has 172 valence electrons. The molecule has 0 aliphatic heterocycles. The second kappa shape index (κ2) is 9.09. The van der Waals surface area contributed by atoms with E-state index < -0.39 is 11.7 Å². The Hall–Kier alpha value is -3.62. The molecule has 0 fully saturated rings. The lowest BCUT2D eigenvalue weighted by molar-refractivity contribution is -0.137. The Balaban J connectivity index is 1.69. The SMILES string of the molecule is CCOc1ccc(Nc2nc(Nc3cccc(C(F)(F)F)c3)nc3c2C(=O)CC(C)C3)cc1. The highest BCUT2D eigenvalue weighted by Gasteiger charge is 2.31. The van der Waals surface area contributed by atoms with Crippen LogP contribution in [-0.4, -0.2) is 22.4 Å². The van der Waals surface area contributed by atoms with Gasteiger partial charge in [0.1, 0.15) is 11.6 Å². The third-order valence-corrected chi connectivity index (χ3v) is 5.21. The summed E-state index contributed by atoms with van der Waals surface area (Å²) in [6.45, 7) is 4.40. The molecular formula is C24H23F3N4O2. The van der Waals surface area contributed by atoms with Gasteiger partial charge in [0.2, 0.25) is 5.95 Å². The molecule has 0 amide bonds. The molecule has 1 unspecified atom stereocenters. The molecule has 33 heavy (non-hydrogen) atoms. The van der Waals surface area contributed by atoms with E-state index >= 15 is 0 Å². The molecule has 4 rings (SSSR count). The first-order chi connectivity index (χ1) is 15.7. The number of halogens is 3. The number of carbonyl (C=O) groups excluding carboxylic acids is 1. The van der Waals surface area contributed by atoms with Crippen molar-refractivity contribution in [3.63, 3.8) is 0 Å². The third-order valence-electron chi connectivity index (χ3n) is 5.21. The second-order valence-corrected chi connectivity index (χ2v) is 7.94. The first-order valence-electron chi connectivity index (χ1n) is 10.6. The van der Waals surface area contributed by atoms with Crippen LogP contribution in [-0.2, 0) is 12.6 Å². The first kappa shape index (κ1) is 22.6. The van der Waals surface area contributed by atoms with E-state index in [0.29, 0.717) is 48.0 Å². The van der Waals surface area contributed by atoms with Crippen molar-refractivity contribution in [3.05, 3.63) is 65.4 Å². The van der Waals surface area contributed by atoms with Crippen molar-refractivity contribution < 1.29 is 22.7 Å². The molecule has 2 aromatic carbocycles. The summed E-state index contributed by atoms with van der Waals surface area (Å²) in [5, 5.41) is 6.02. The molecule has 0 bridgehead atoms. The predicted octanol–water partition coefficient (Wildman–Crippen LogP) is 6.15. The van der Waals surface area contributed by atoms with Crippen LogP contribution >= 0.6 is 0 Å². The summed E-state index contributed by atoms with van der Waals surface area (Å²) < 4.78 is 44.7. The number of nitrogens with zero attached hydrogens (tertiary/aromatic N) is 2. The van der Waals surface area contributed by atoms with Gasteiger partial charge in [-0.3, -0.25) is 4.79 Å². The van der Waals surface area contributed by atoms with Crippen LogP contribution in [0, 0.1) is 5.92 Å². The van der Waals surface area contributed by atoms with Crippen LogP contribution in [0.15, 0.2) is 48.5 Å². The number of hydrogen-bond acceptors (Lipinski definition) is 6. The maximum Gasteiger partial charge on any atom is 0.416 e. The van der Waals surface area contributed by atoms with Crippen LogP contribution in [0.4, 0.5) is 36.3 Å². The van der Waals surface area contributed by atoms with Crippen LogP contribution in [0.2, 0.25) is 0 Å². The van der Waals surface area contributed by atoms with Crippen LogP contribution < -0.4 is 15.4 Å². The van der Waals surface area contributed by atoms with Crippen LogP contribution in [0.1, 0.15) is 41.9 Å². The molecule has 1 aromatic heterocycles. The lowest BCUT2D eigenvalue weighted by Gasteiger charge is -2.23. The van der Waals surface area contributed by atoms with E-state index in [1.165, 1.54) is 12.1 Å². The largest absolute Gasteiger partial charge is 0.494 e. The van der Waals surface area contributed by atoms with Gasteiger partial charge in [-0.2, -0.15) is 18.2 Å². The number of Topliss-reactive ketones (excluding diaryl/α,β-unsaturated/α-hetero) is 1. The first-order valence-corrected chi connectivity index (χ1v) is 10.6. The van der Waals surface area contributed by atoms with E-state index in [-0.39, 0.29) is 23.3 Å². The van der Waals surface area contributed by atoms with Gasteiger partial charge >= 0.3 is 6.18 Å². The molecule has 0 saturated heterocycles. The summed E-state index contributed by atoms with van der Waals surface area (Å²) in [4.78, 5) is 21.7. The number of fused-ring (bicyclic) bond motifs is 1. The standard InChI is InChI=1S/C24H23F3N4O2/c1-3-33-18-9-7-16(8-10-18)28-22-21-19(11-14(2)12-20(21)32)30-23(31-22)29-17-6-4-5-15(13-17)24(25,26)27/h4-10,13-14H,3,11-12H2,1-2H3,(H2,28,29,30,31). The van der Waals surface area contributed by atoms with Crippen LogP contribution in [0.25, 0.3) is 0 Å². The van der Waals surface area contributed by atoms with Crippen molar-refractivity contribution in [3.8, 4) is 5.75 Å². The summed E-state index contributed by atoms with van der Waals surface area (Å²) in [6.07, 6.45) is -3.51. The molecule has 0 radical (unpaired) electrons. The average Bonchev–Trinajstić information content (AvgIpc) is 2.74. The van der Waals surface area contributed by atoms with Gasteiger partial charge in [0.25, 0.3) is 0 Å². The Kier molecular flexibility index (Phi) is 6.22. The third kappa shape index (κ3) is 5.24. The van der Waals surface area contributed by atoms with Gasteiger partial charge in [-0.05, 0) is 61.7 Å². The van der Waals surface area contributed by atoms with Gasteiger partial charge in [0, 0.05) is 17.8 Å². The number of ketones is 1. The molecule has 3 aromatic rings. The monoisotopic (exact) mass is 456 g/mol.